The summed E-state index contributed by atoms with van der Waals surface area (Å²) in [7, 11) is -3.57. The van der Waals surface area contributed by atoms with E-state index < -0.39 is 10.2 Å². The van der Waals surface area contributed by atoms with Crippen molar-refractivity contribution in [1.29, 1.82) is 0 Å². The molecule has 0 saturated carbocycles. The normalized spacial score (nSPS) is 27.1. The summed E-state index contributed by atoms with van der Waals surface area (Å²) in [4.78, 5) is 11.1. The fraction of sp³-hybridized carbons (Fsp3) is 0.615. The third kappa shape index (κ3) is 3.12. The molecule has 2 fully saturated rings. The minimum absolute atomic E-state index is 0.0196. The second-order valence-corrected chi connectivity index (χ2v) is 7.15. The predicted octanol–water partition coefficient (Wildman–Crippen LogP) is 0.529. The van der Waals surface area contributed by atoms with Gasteiger partial charge in [-0.25, -0.2) is 4.72 Å². The van der Waals surface area contributed by atoms with Gasteiger partial charge in [0.15, 0.2) is 0 Å². The van der Waals surface area contributed by atoms with Gasteiger partial charge < -0.3 is 9.73 Å². The molecule has 1 amide bonds. The minimum Gasteiger partial charge on any atom is -0.468 e. The van der Waals surface area contributed by atoms with Crippen LogP contribution >= 0.6 is 0 Å². The van der Waals surface area contributed by atoms with Crippen molar-refractivity contribution in [3.05, 3.63) is 24.2 Å². The SMILES string of the molecule is O=C1CC[C@H](CNS(=O)(=O)N2CCC[C@@H]2c2ccco2)N1. The van der Waals surface area contributed by atoms with Crippen molar-refractivity contribution in [2.45, 2.75) is 37.8 Å². The second kappa shape index (κ2) is 5.78. The topological polar surface area (TPSA) is 91.7 Å². The van der Waals surface area contributed by atoms with Crippen molar-refractivity contribution in [1.82, 2.24) is 14.3 Å². The van der Waals surface area contributed by atoms with Gasteiger partial charge in [0.1, 0.15) is 5.76 Å². The highest BCUT2D eigenvalue weighted by molar-refractivity contribution is 7.87. The van der Waals surface area contributed by atoms with E-state index in [4.69, 9.17) is 4.42 Å². The summed E-state index contributed by atoms with van der Waals surface area (Å²) in [5.74, 6) is 0.654. The Balaban J connectivity index is 1.65. The number of carbonyl (C=O) groups excluding carboxylic acids is 1. The standard InChI is InChI=1S/C13H19N3O4S/c17-13-6-5-10(15-13)9-14-21(18,19)16-7-1-3-11(16)12-4-2-8-20-12/h2,4,8,10-11,14H,1,3,5-7,9H2,(H,15,17)/t10-,11-/m1/s1. The van der Waals surface area contributed by atoms with Gasteiger partial charge in [-0.2, -0.15) is 12.7 Å². The molecule has 1 aromatic rings. The molecular formula is C13H19N3O4S. The Morgan fingerprint density at radius 1 is 1.43 bits per heavy atom. The lowest BCUT2D eigenvalue weighted by Gasteiger charge is -2.23. The first kappa shape index (κ1) is 14.6. The molecule has 21 heavy (non-hydrogen) atoms. The quantitative estimate of drug-likeness (QED) is 0.829. The van der Waals surface area contributed by atoms with Crippen molar-refractivity contribution in [2.75, 3.05) is 13.1 Å². The Labute approximate surface area is 123 Å². The summed E-state index contributed by atoms with van der Waals surface area (Å²) >= 11 is 0. The van der Waals surface area contributed by atoms with Gasteiger partial charge in [-0.3, -0.25) is 4.79 Å². The van der Waals surface area contributed by atoms with Crippen LogP contribution in [0.4, 0.5) is 0 Å². The average Bonchev–Trinajstić information content (AvgIpc) is 3.17. The van der Waals surface area contributed by atoms with E-state index in [0.717, 1.165) is 12.8 Å². The predicted molar refractivity (Wildman–Crippen MR) is 75.5 cm³/mol. The lowest BCUT2D eigenvalue weighted by atomic mass is 10.2. The van der Waals surface area contributed by atoms with Crippen LogP contribution in [0.15, 0.2) is 22.8 Å². The van der Waals surface area contributed by atoms with Crippen molar-refractivity contribution < 1.29 is 17.6 Å². The molecule has 116 valence electrons. The molecule has 2 atom stereocenters. The molecule has 1 aromatic heterocycles. The molecule has 2 saturated heterocycles. The molecule has 3 heterocycles. The van der Waals surface area contributed by atoms with E-state index in [-0.39, 0.29) is 24.5 Å². The molecule has 0 unspecified atom stereocenters. The van der Waals surface area contributed by atoms with Crippen molar-refractivity contribution in [2.24, 2.45) is 0 Å². The monoisotopic (exact) mass is 313 g/mol. The van der Waals surface area contributed by atoms with E-state index in [0.29, 0.717) is 25.1 Å². The van der Waals surface area contributed by atoms with Crippen LogP contribution < -0.4 is 10.0 Å². The lowest BCUT2D eigenvalue weighted by molar-refractivity contribution is -0.119. The third-order valence-corrected chi connectivity index (χ3v) is 5.57. The van der Waals surface area contributed by atoms with E-state index in [1.807, 2.05) is 0 Å². The van der Waals surface area contributed by atoms with Crippen LogP contribution in [0.5, 0.6) is 0 Å². The van der Waals surface area contributed by atoms with Gasteiger partial charge >= 0.3 is 0 Å². The molecule has 3 rings (SSSR count). The van der Waals surface area contributed by atoms with Gasteiger partial charge in [0.2, 0.25) is 5.91 Å². The zero-order valence-corrected chi connectivity index (χ0v) is 12.4. The summed E-state index contributed by atoms with van der Waals surface area (Å²) < 4.78 is 34.3. The van der Waals surface area contributed by atoms with E-state index in [1.54, 1.807) is 18.4 Å². The highest BCUT2D eigenvalue weighted by atomic mass is 32.2. The Bertz CT molecular complexity index is 599. The molecular weight excluding hydrogens is 294 g/mol. The van der Waals surface area contributed by atoms with E-state index in [9.17, 15) is 13.2 Å². The largest absolute Gasteiger partial charge is 0.468 e. The van der Waals surface area contributed by atoms with E-state index in [2.05, 4.69) is 10.0 Å². The Morgan fingerprint density at radius 3 is 2.95 bits per heavy atom. The van der Waals surface area contributed by atoms with Crippen LogP contribution in [0.1, 0.15) is 37.5 Å². The number of hydrogen-bond donors (Lipinski definition) is 2. The highest BCUT2D eigenvalue weighted by Crippen LogP contribution is 2.33. The zero-order chi connectivity index (χ0) is 14.9. The number of amides is 1. The molecule has 2 N–H and O–H groups in total. The molecule has 0 bridgehead atoms. The zero-order valence-electron chi connectivity index (χ0n) is 11.6. The summed E-state index contributed by atoms with van der Waals surface area (Å²) in [5, 5.41) is 2.75. The molecule has 0 radical (unpaired) electrons. The number of nitrogens with one attached hydrogen (secondary N) is 2. The number of furan rings is 1. The van der Waals surface area contributed by atoms with Gasteiger partial charge in [-0.15, -0.1) is 0 Å². The van der Waals surface area contributed by atoms with Crippen LogP contribution in [0, 0.1) is 0 Å². The molecule has 2 aliphatic rings. The molecule has 0 aliphatic carbocycles. The fourth-order valence-electron chi connectivity index (χ4n) is 2.91. The van der Waals surface area contributed by atoms with Gasteiger partial charge in [0.05, 0.1) is 12.3 Å². The molecule has 2 aliphatic heterocycles. The second-order valence-electron chi connectivity index (χ2n) is 5.44. The van der Waals surface area contributed by atoms with Gasteiger partial charge in [0.25, 0.3) is 10.2 Å². The number of hydrogen-bond acceptors (Lipinski definition) is 4. The minimum atomic E-state index is -3.57. The van der Waals surface area contributed by atoms with Crippen LogP contribution in [0.3, 0.4) is 0 Å². The summed E-state index contributed by atoms with van der Waals surface area (Å²) in [6.45, 7) is 0.715. The Morgan fingerprint density at radius 2 is 2.29 bits per heavy atom. The molecule has 0 spiro atoms. The van der Waals surface area contributed by atoms with Crippen molar-refractivity contribution >= 4 is 16.1 Å². The molecule has 7 nitrogen and oxygen atoms in total. The smallest absolute Gasteiger partial charge is 0.280 e. The van der Waals surface area contributed by atoms with Gasteiger partial charge in [-0.05, 0) is 31.4 Å². The summed E-state index contributed by atoms with van der Waals surface area (Å²) in [6.07, 6.45) is 4.26. The van der Waals surface area contributed by atoms with Crippen molar-refractivity contribution in [3.8, 4) is 0 Å². The first-order valence-electron chi connectivity index (χ1n) is 7.15. The Hall–Kier alpha value is -1.38. The van der Waals surface area contributed by atoms with Gasteiger partial charge in [-0.1, -0.05) is 0 Å². The van der Waals surface area contributed by atoms with Crippen LogP contribution in [-0.4, -0.2) is 37.8 Å². The maximum atomic E-state index is 12.4. The molecule has 0 aromatic carbocycles. The first-order valence-corrected chi connectivity index (χ1v) is 8.59. The highest BCUT2D eigenvalue weighted by Gasteiger charge is 2.37. The fourth-order valence-corrected chi connectivity index (χ4v) is 4.40. The average molecular weight is 313 g/mol. The maximum Gasteiger partial charge on any atom is 0.280 e. The van der Waals surface area contributed by atoms with Crippen LogP contribution in [-0.2, 0) is 15.0 Å². The number of rotatable bonds is 5. The first-order chi connectivity index (χ1) is 10.1. The van der Waals surface area contributed by atoms with Crippen LogP contribution in [0.2, 0.25) is 0 Å². The lowest BCUT2D eigenvalue weighted by Crippen LogP contribution is -2.45. The van der Waals surface area contributed by atoms with E-state index >= 15 is 0 Å². The maximum absolute atomic E-state index is 12.4. The van der Waals surface area contributed by atoms with Gasteiger partial charge in [0, 0.05) is 25.6 Å². The Kier molecular flexibility index (Phi) is 4.01. The third-order valence-electron chi connectivity index (χ3n) is 3.98. The summed E-state index contributed by atoms with van der Waals surface area (Å²) in [5.41, 5.74) is 0. The summed E-state index contributed by atoms with van der Waals surface area (Å²) in [6, 6.07) is 3.21. The molecule has 8 heteroatoms. The van der Waals surface area contributed by atoms with Crippen molar-refractivity contribution in [3.63, 3.8) is 0 Å². The van der Waals surface area contributed by atoms with E-state index in [1.165, 1.54) is 4.31 Å². The van der Waals surface area contributed by atoms with Crippen LogP contribution in [0.25, 0.3) is 0 Å². The number of nitrogens with zero attached hydrogens (tertiary/aromatic N) is 1. The number of carbonyl (C=O) groups is 1.